The van der Waals surface area contributed by atoms with E-state index in [1.807, 2.05) is 0 Å². The number of fused-ring (bicyclic) bond motifs is 1. The van der Waals surface area contributed by atoms with Gasteiger partial charge in [0.1, 0.15) is 0 Å². The molecule has 1 fully saturated rings. The highest BCUT2D eigenvalue weighted by molar-refractivity contribution is 7.90. The van der Waals surface area contributed by atoms with Crippen LogP contribution in [-0.2, 0) is 14.8 Å². The van der Waals surface area contributed by atoms with Gasteiger partial charge in [-0.05, 0) is 56.1 Å². The number of carbonyl (C=O) groups excluding carboxylic acids is 1. The molecule has 1 atom stereocenters. The van der Waals surface area contributed by atoms with Crippen LogP contribution in [0.3, 0.4) is 0 Å². The Bertz CT molecular complexity index is 809. The Balaban J connectivity index is 1.74. The number of aromatic nitrogens is 1. The monoisotopic (exact) mass is 333 g/mol. The molecule has 6 nitrogen and oxygen atoms in total. The molecule has 7 heteroatoms. The Morgan fingerprint density at radius 3 is 2.96 bits per heavy atom. The molecule has 1 aromatic carbocycles. The van der Waals surface area contributed by atoms with E-state index in [9.17, 15) is 13.2 Å². The number of carbonyl (C=O) groups is 1. The van der Waals surface area contributed by atoms with Crippen molar-refractivity contribution in [2.24, 2.45) is 5.92 Å². The Kier molecular flexibility index (Phi) is 4.58. The van der Waals surface area contributed by atoms with Crippen LogP contribution in [0.25, 0.3) is 10.9 Å². The first-order chi connectivity index (χ1) is 11.1. The van der Waals surface area contributed by atoms with E-state index in [0.717, 1.165) is 19.5 Å². The second-order valence-electron chi connectivity index (χ2n) is 5.75. The predicted molar refractivity (Wildman–Crippen MR) is 87.3 cm³/mol. The fourth-order valence-electron chi connectivity index (χ4n) is 2.86. The van der Waals surface area contributed by atoms with Crippen LogP contribution >= 0.6 is 0 Å². The maximum absolute atomic E-state index is 12.5. The molecule has 2 heterocycles. The smallest absolute Gasteiger partial charge is 0.264 e. The number of amides is 1. The molecule has 2 aromatic rings. The van der Waals surface area contributed by atoms with E-state index in [0.29, 0.717) is 23.2 Å². The summed E-state index contributed by atoms with van der Waals surface area (Å²) in [5.41, 5.74) is 0.583. The van der Waals surface area contributed by atoms with E-state index in [1.165, 1.54) is 6.07 Å². The summed E-state index contributed by atoms with van der Waals surface area (Å²) in [5.74, 6) is -0.0111. The van der Waals surface area contributed by atoms with Crippen LogP contribution in [0.4, 0.5) is 0 Å². The van der Waals surface area contributed by atoms with E-state index in [-0.39, 0.29) is 11.3 Å². The van der Waals surface area contributed by atoms with Crippen LogP contribution in [0, 0.1) is 5.92 Å². The molecule has 0 bridgehead atoms. The topological polar surface area (TPSA) is 88.2 Å². The largest absolute Gasteiger partial charge is 0.316 e. The quantitative estimate of drug-likeness (QED) is 0.864. The van der Waals surface area contributed by atoms with E-state index in [4.69, 9.17) is 0 Å². The summed E-state index contributed by atoms with van der Waals surface area (Å²) in [6, 6.07) is 8.21. The van der Waals surface area contributed by atoms with Crippen molar-refractivity contribution in [3.05, 3.63) is 36.5 Å². The van der Waals surface area contributed by atoms with Crippen LogP contribution in [0.5, 0.6) is 0 Å². The molecule has 1 aromatic heterocycles. The summed E-state index contributed by atoms with van der Waals surface area (Å²) in [5, 5.41) is 3.74. The minimum absolute atomic E-state index is 0.0824. The average molecular weight is 333 g/mol. The van der Waals surface area contributed by atoms with Gasteiger partial charge >= 0.3 is 0 Å². The van der Waals surface area contributed by atoms with Crippen LogP contribution in [-0.4, -0.2) is 32.4 Å². The van der Waals surface area contributed by atoms with Gasteiger partial charge in [0.2, 0.25) is 5.91 Å². The minimum Gasteiger partial charge on any atom is -0.316 e. The van der Waals surface area contributed by atoms with E-state index in [1.54, 1.807) is 30.5 Å². The maximum Gasteiger partial charge on any atom is 0.264 e. The van der Waals surface area contributed by atoms with Gasteiger partial charge in [0.25, 0.3) is 10.0 Å². The summed E-state index contributed by atoms with van der Waals surface area (Å²) in [7, 11) is -3.89. The molecule has 2 N–H and O–H groups in total. The van der Waals surface area contributed by atoms with Crippen molar-refractivity contribution < 1.29 is 13.2 Å². The van der Waals surface area contributed by atoms with E-state index < -0.39 is 15.9 Å². The molecule has 1 aliphatic rings. The minimum atomic E-state index is -3.89. The Morgan fingerprint density at radius 1 is 1.30 bits per heavy atom. The number of pyridine rings is 1. The fraction of sp³-hybridized carbons (Fsp3) is 0.375. The van der Waals surface area contributed by atoms with Crippen molar-refractivity contribution in [2.45, 2.75) is 24.2 Å². The highest BCUT2D eigenvalue weighted by Gasteiger charge is 2.22. The SMILES string of the molecule is O=C(CCC1CCNC1)NS(=O)(=O)c1cccc2ncccc12. The lowest BCUT2D eigenvalue weighted by atomic mass is 10.0. The van der Waals surface area contributed by atoms with E-state index in [2.05, 4.69) is 15.0 Å². The third kappa shape index (κ3) is 3.68. The molecule has 0 saturated carbocycles. The van der Waals surface area contributed by atoms with Gasteiger partial charge in [-0.1, -0.05) is 6.07 Å². The van der Waals surface area contributed by atoms with Gasteiger partial charge in [-0.3, -0.25) is 9.78 Å². The summed E-state index contributed by atoms with van der Waals surface area (Å²) < 4.78 is 27.1. The van der Waals surface area contributed by atoms with Gasteiger partial charge < -0.3 is 5.32 Å². The molecular weight excluding hydrogens is 314 g/mol. The molecule has 23 heavy (non-hydrogen) atoms. The highest BCUT2D eigenvalue weighted by atomic mass is 32.2. The first kappa shape index (κ1) is 15.9. The van der Waals surface area contributed by atoms with Crippen LogP contribution in [0.2, 0.25) is 0 Å². The zero-order valence-corrected chi connectivity index (χ0v) is 13.5. The predicted octanol–water partition coefficient (Wildman–Crippen LogP) is 1.43. The molecule has 3 rings (SSSR count). The lowest BCUT2D eigenvalue weighted by Gasteiger charge is -2.11. The second kappa shape index (κ2) is 6.64. The van der Waals surface area contributed by atoms with Crippen LogP contribution in [0.15, 0.2) is 41.4 Å². The Morgan fingerprint density at radius 2 is 2.17 bits per heavy atom. The zero-order valence-electron chi connectivity index (χ0n) is 12.7. The highest BCUT2D eigenvalue weighted by Crippen LogP contribution is 2.21. The molecule has 0 aliphatic carbocycles. The van der Waals surface area contributed by atoms with Crippen molar-refractivity contribution in [2.75, 3.05) is 13.1 Å². The number of hydrogen-bond acceptors (Lipinski definition) is 5. The molecule has 1 aliphatic heterocycles. The van der Waals surface area contributed by atoms with Crippen LogP contribution in [0.1, 0.15) is 19.3 Å². The van der Waals surface area contributed by atoms with Gasteiger partial charge in [-0.25, -0.2) is 13.1 Å². The number of nitrogens with one attached hydrogen (secondary N) is 2. The number of rotatable bonds is 5. The Hall–Kier alpha value is -1.99. The standard InChI is InChI=1S/C16H19N3O3S/c20-16(7-6-12-8-10-17-11-12)19-23(21,22)15-5-1-4-14-13(15)3-2-9-18-14/h1-5,9,12,17H,6-8,10-11H2,(H,19,20). The molecule has 1 amide bonds. The number of sulfonamides is 1. The molecular formula is C16H19N3O3S. The van der Waals surface area contributed by atoms with Gasteiger partial charge in [0.05, 0.1) is 10.4 Å². The van der Waals surface area contributed by atoms with Crippen molar-refractivity contribution in [1.29, 1.82) is 0 Å². The molecule has 122 valence electrons. The summed E-state index contributed by atoms with van der Waals surface area (Å²) in [6.07, 6.45) is 3.56. The maximum atomic E-state index is 12.5. The molecule has 1 saturated heterocycles. The lowest BCUT2D eigenvalue weighted by Crippen LogP contribution is -2.31. The number of hydrogen-bond donors (Lipinski definition) is 2. The Labute approximate surface area is 135 Å². The van der Waals surface area contributed by atoms with Gasteiger partial charge in [-0.2, -0.15) is 0 Å². The lowest BCUT2D eigenvalue weighted by molar-refractivity contribution is -0.119. The van der Waals surface area contributed by atoms with Crippen molar-refractivity contribution in [3.63, 3.8) is 0 Å². The van der Waals surface area contributed by atoms with Crippen molar-refractivity contribution >= 4 is 26.8 Å². The summed E-state index contributed by atoms with van der Waals surface area (Å²) in [4.78, 5) is 16.2. The van der Waals surface area contributed by atoms with E-state index >= 15 is 0 Å². The summed E-state index contributed by atoms with van der Waals surface area (Å²) >= 11 is 0. The second-order valence-corrected chi connectivity index (χ2v) is 7.40. The number of nitrogens with zero attached hydrogens (tertiary/aromatic N) is 1. The third-order valence-corrected chi connectivity index (χ3v) is 5.52. The van der Waals surface area contributed by atoms with Crippen LogP contribution < -0.4 is 10.0 Å². The molecule has 0 radical (unpaired) electrons. The van der Waals surface area contributed by atoms with Gasteiger partial charge in [0, 0.05) is 18.0 Å². The first-order valence-electron chi connectivity index (χ1n) is 7.66. The molecule has 0 spiro atoms. The zero-order chi connectivity index (χ0) is 16.3. The summed E-state index contributed by atoms with van der Waals surface area (Å²) in [6.45, 7) is 1.86. The molecule has 1 unspecified atom stereocenters. The average Bonchev–Trinajstić information content (AvgIpc) is 3.05. The number of benzene rings is 1. The third-order valence-electron chi connectivity index (χ3n) is 4.09. The van der Waals surface area contributed by atoms with Crippen molar-refractivity contribution in [3.8, 4) is 0 Å². The van der Waals surface area contributed by atoms with Gasteiger partial charge in [0.15, 0.2) is 0 Å². The van der Waals surface area contributed by atoms with Crippen molar-refractivity contribution in [1.82, 2.24) is 15.0 Å². The van der Waals surface area contributed by atoms with Gasteiger partial charge in [-0.15, -0.1) is 0 Å². The first-order valence-corrected chi connectivity index (χ1v) is 9.15. The normalized spacial score (nSPS) is 18.2. The fourth-order valence-corrected chi connectivity index (χ4v) is 4.09.